The minimum absolute atomic E-state index is 0.0257. The minimum Gasteiger partial charge on any atom is -0.496 e. The summed E-state index contributed by atoms with van der Waals surface area (Å²) < 4.78 is 5.28. The highest BCUT2D eigenvalue weighted by Crippen LogP contribution is 2.34. The molecule has 19 heavy (non-hydrogen) atoms. The number of nitrogens with zero attached hydrogens (tertiary/aromatic N) is 1. The summed E-state index contributed by atoms with van der Waals surface area (Å²) in [5, 5.41) is 3.31. The molecular formula is C15H20N2O2. The van der Waals surface area contributed by atoms with Crippen LogP contribution in [0.2, 0.25) is 0 Å². The van der Waals surface area contributed by atoms with Gasteiger partial charge in [0.25, 0.3) is 0 Å². The molecule has 1 amide bonds. The molecule has 1 atom stereocenters. The van der Waals surface area contributed by atoms with Gasteiger partial charge in [0, 0.05) is 6.54 Å². The van der Waals surface area contributed by atoms with Gasteiger partial charge in [-0.3, -0.25) is 10.1 Å². The van der Waals surface area contributed by atoms with Gasteiger partial charge >= 0.3 is 0 Å². The van der Waals surface area contributed by atoms with E-state index >= 15 is 0 Å². The molecule has 1 aliphatic heterocycles. The molecule has 4 heteroatoms. The maximum Gasteiger partial charge on any atom is 0.238 e. The molecule has 2 fully saturated rings. The van der Waals surface area contributed by atoms with Gasteiger partial charge in [-0.25, -0.2) is 0 Å². The topological polar surface area (TPSA) is 41.6 Å². The Bertz CT molecular complexity index is 497. The van der Waals surface area contributed by atoms with Crippen LogP contribution in [0.15, 0.2) is 18.2 Å². The van der Waals surface area contributed by atoms with Crippen LogP contribution >= 0.6 is 0 Å². The highest BCUT2D eigenvalue weighted by Gasteiger charge is 2.35. The Morgan fingerprint density at radius 1 is 1.42 bits per heavy atom. The third kappa shape index (κ3) is 2.45. The molecule has 0 bridgehead atoms. The fourth-order valence-electron chi connectivity index (χ4n) is 2.70. The van der Waals surface area contributed by atoms with Gasteiger partial charge in [-0.05, 0) is 48.9 Å². The lowest BCUT2D eigenvalue weighted by Gasteiger charge is -2.25. The van der Waals surface area contributed by atoms with E-state index in [2.05, 4.69) is 11.4 Å². The number of carbonyl (C=O) groups excluding carboxylic acids is 1. The highest BCUT2D eigenvalue weighted by molar-refractivity contribution is 5.81. The first-order valence-corrected chi connectivity index (χ1v) is 6.86. The number of carbonyl (C=O) groups is 1. The Morgan fingerprint density at radius 3 is 2.84 bits per heavy atom. The molecule has 1 aromatic carbocycles. The summed E-state index contributed by atoms with van der Waals surface area (Å²) >= 11 is 0. The number of hydrogen-bond acceptors (Lipinski definition) is 3. The van der Waals surface area contributed by atoms with Crippen LogP contribution < -0.4 is 10.1 Å². The SMILES string of the molecule is COc1ccc(C2NCC(=O)N2CC2CC2)cc1C. The fraction of sp³-hybridized carbons (Fsp3) is 0.533. The standard InChI is InChI=1S/C15H20N2O2/c1-10-7-12(5-6-13(10)19-2)15-16-8-14(18)17(15)9-11-3-4-11/h5-7,11,15-16H,3-4,8-9H2,1-2H3. The van der Waals surface area contributed by atoms with Crippen LogP contribution in [0.4, 0.5) is 0 Å². The van der Waals surface area contributed by atoms with Crippen LogP contribution in [0.1, 0.15) is 30.1 Å². The number of nitrogens with one attached hydrogen (secondary N) is 1. The average molecular weight is 260 g/mol. The van der Waals surface area contributed by atoms with Gasteiger partial charge in [-0.1, -0.05) is 6.07 Å². The van der Waals surface area contributed by atoms with Crippen LogP contribution in [0.3, 0.4) is 0 Å². The van der Waals surface area contributed by atoms with Crippen molar-refractivity contribution in [2.75, 3.05) is 20.2 Å². The van der Waals surface area contributed by atoms with Crippen molar-refractivity contribution in [1.82, 2.24) is 10.2 Å². The Morgan fingerprint density at radius 2 is 2.21 bits per heavy atom. The van der Waals surface area contributed by atoms with Crippen molar-refractivity contribution in [3.8, 4) is 5.75 Å². The summed E-state index contributed by atoms with van der Waals surface area (Å²) in [5.41, 5.74) is 2.25. The predicted octanol–water partition coefficient (Wildman–Crippen LogP) is 1.84. The zero-order chi connectivity index (χ0) is 13.4. The van der Waals surface area contributed by atoms with Crippen molar-refractivity contribution in [3.63, 3.8) is 0 Å². The summed E-state index contributed by atoms with van der Waals surface area (Å²) in [7, 11) is 1.68. The molecule has 4 nitrogen and oxygen atoms in total. The second-order valence-corrected chi connectivity index (χ2v) is 5.50. The molecule has 2 aliphatic rings. The molecule has 3 rings (SSSR count). The van der Waals surface area contributed by atoms with Gasteiger partial charge < -0.3 is 9.64 Å². The van der Waals surface area contributed by atoms with Crippen LogP contribution in [0, 0.1) is 12.8 Å². The summed E-state index contributed by atoms with van der Waals surface area (Å²) in [6.45, 7) is 3.37. The van der Waals surface area contributed by atoms with Gasteiger partial charge in [0.1, 0.15) is 11.9 Å². The molecule has 1 unspecified atom stereocenters. The van der Waals surface area contributed by atoms with Gasteiger partial charge in [0.2, 0.25) is 5.91 Å². The smallest absolute Gasteiger partial charge is 0.238 e. The van der Waals surface area contributed by atoms with E-state index in [1.165, 1.54) is 12.8 Å². The minimum atomic E-state index is 0.0257. The van der Waals surface area contributed by atoms with Gasteiger partial charge in [-0.15, -0.1) is 0 Å². The van der Waals surface area contributed by atoms with Crippen LogP contribution in [-0.2, 0) is 4.79 Å². The molecule has 1 aliphatic carbocycles. The summed E-state index contributed by atoms with van der Waals surface area (Å²) in [6, 6.07) is 6.13. The molecular weight excluding hydrogens is 240 g/mol. The zero-order valence-corrected chi connectivity index (χ0v) is 11.5. The third-order valence-electron chi connectivity index (χ3n) is 3.97. The third-order valence-corrected chi connectivity index (χ3v) is 3.97. The van der Waals surface area contributed by atoms with Crippen molar-refractivity contribution < 1.29 is 9.53 Å². The molecule has 0 aromatic heterocycles. The molecule has 102 valence electrons. The quantitative estimate of drug-likeness (QED) is 0.898. The Labute approximate surface area is 113 Å². The number of aryl methyl sites for hydroxylation is 1. The van der Waals surface area contributed by atoms with Crippen molar-refractivity contribution in [2.45, 2.75) is 25.9 Å². The van der Waals surface area contributed by atoms with E-state index < -0.39 is 0 Å². The molecule has 1 saturated carbocycles. The molecule has 1 N–H and O–H groups in total. The molecule has 1 saturated heterocycles. The van der Waals surface area contributed by atoms with E-state index in [9.17, 15) is 4.79 Å². The maximum absolute atomic E-state index is 12.0. The molecule has 1 heterocycles. The molecule has 0 radical (unpaired) electrons. The average Bonchev–Trinajstić information content (AvgIpc) is 3.14. The van der Waals surface area contributed by atoms with E-state index in [-0.39, 0.29) is 12.1 Å². The van der Waals surface area contributed by atoms with Crippen LogP contribution in [-0.4, -0.2) is 31.0 Å². The van der Waals surface area contributed by atoms with Crippen LogP contribution in [0.5, 0.6) is 5.75 Å². The number of amides is 1. The Balaban J connectivity index is 1.83. The number of ether oxygens (including phenoxy) is 1. The first-order chi connectivity index (χ1) is 9.19. The van der Waals surface area contributed by atoms with E-state index in [4.69, 9.17) is 4.74 Å². The Kier molecular flexibility index (Phi) is 3.19. The summed E-state index contributed by atoms with van der Waals surface area (Å²) in [5.74, 6) is 1.82. The second-order valence-electron chi connectivity index (χ2n) is 5.50. The first-order valence-electron chi connectivity index (χ1n) is 6.86. The number of rotatable bonds is 4. The zero-order valence-electron chi connectivity index (χ0n) is 11.5. The lowest BCUT2D eigenvalue weighted by atomic mass is 10.1. The lowest BCUT2D eigenvalue weighted by Crippen LogP contribution is -2.32. The largest absolute Gasteiger partial charge is 0.496 e. The number of benzene rings is 1. The summed E-state index contributed by atoms with van der Waals surface area (Å²) in [6.07, 6.45) is 2.55. The normalized spacial score (nSPS) is 22.9. The van der Waals surface area contributed by atoms with E-state index in [1.54, 1.807) is 7.11 Å². The van der Waals surface area contributed by atoms with E-state index in [1.807, 2.05) is 24.0 Å². The number of methoxy groups -OCH3 is 1. The maximum atomic E-state index is 12.0. The molecule has 0 spiro atoms. The lowest BCUT2D eigenvalue weighted by molar-refractivity contribution is -0.128. The van der Waals surface area contributed by atoms with E-state index in [0.29, 0.717) is 12.5 Å². The Hall–Kier alpha value is -1.55. The monoisotopic (exact) mass is 260 g/mol. The predicted molar refractivity (Wildman–Crippen MR) is 72.9 cm³/mol. The number of hydrogen-bond donors (Lipinski definition) is 1. The van der Waals surface area contributed by atoms with Crippen molar-refractivity contribution in [3.05, 3.63) is 29.3 Å². The highest BCUT2D eigenvalue weighted by atomic mass is 16.5. The fourth-order valence-corrected chi connectivity index (χ4v) is 2.70. The molecule has 1 aromatic rings. The van der Waals surface area contributed by atoms with Gasteiger partial charge in [0.05, 0.1) is 13.7 Å². The second kappa shape index (κ2) is 4.85. The van der Waals surface area contributed by atoms with Gasteiger partial charge in [0.15, 0.2) is 0 Å². The van der Waals surface area contributed by atoms with Crippen molar-refractivity contribution >= 4 is 5.91 Å². The van der Waals surface area contributed by atoms with Crippen molar-refractivity contribution in [2.24, 2.45) is 5.92 Å². The van der Waals surface area contributed by atoms with Gasteiger partial charge in [-0.2, -0.15) is 0 Å². The van der Waals surface area contributed by atoms with Crippen molar-refractivity contribution in [1.29, 1.82) is 0 Å². The first kappa shape index (κ1) is 12.5. The van der Waals surface area contributed by atoms with E-state index in [0.717, 1.165) is 23.4 Å². The summed E-state index contributed by atoms with van der Waals surface area (Å²) in [4.78, 5) is 14.0. The van der Waals surface area contributed by atoms with Crippen LogP contribution in [0.25, 0.3) is 0 Å².